The van der Waals surface area contributed by atoms with Gasteiger partial charge in [-0.3, -0.25) is 0 Å². The minimum Gasteiger partial charge on any atom is -0.494 e. The molecule has 0 aromatic carbocycles. The van der Waals surface area contributed by atoms with Gasteiger partial charge in [0.1, 0.15) is 5.75 Å². The van der Waals surface area contributed by atoms with Gasteiger partial charge < -0.3 is 18.9 Å². The molecule has 2 aromatic heterocycles. The molecule has 0 spiro atoms. The maximum Gasteiger partial charge on any atom is 0.534 e. The van der Waals surface area contributed by atoms with Crippen LogP contribution in [0.4, 0.5) is 13.2 Å². The fourth-order valence-corrected chi connectivity index (χ4v) is 3.66. The summed E-state index contributed by atoms with van der Waals surface area (Å²) in [6.07, 6.45) is 14.7. The van der Waals surface area contributed by atoms with Crippen molar-refractivity contribution in [2.24, 2.45) is 0 Å². The number of aromatic nitrogens is 2. The van der Waals surface area contributed by atoms with Crippen LogP contribution < -0.4 is 19.6 Å². The van der Waals surface area contributed by atoms with Crippen LogP contribution in [-0.4, -0.2) is 31.0 Å². The molecule has 2 N–H and O–H groups in total. The quantitative estimate of drug-likeness (QED) is 0.249. The second-order valence-corrected chi connectivity index (χ2v) is 9.12. The van der Waals surface area contributed by atoms with E-state index in [1.54, 1.807) is 6.08 Å². The zero-order valence-corrected chi connectivity index (χ0v) is 19.2. The van der Waals surface area contributed by atoms with Gasteiger partial charge in [0.2, 0.25) is 5.88 Å². The highest BCUT2D eigenvalue weighted by molar-refractivity contribution is 7.87. The number of aromatic amines is 2. The maximum atomic E-state index is 12.5. The SMILES string of the molecule is CCCCCCCCCCC=c1ccc(=Cc2[nH]c(OS(=O)(=O)C(F)(F)F)cc2OC)[nH]1. The first-order valence-corrected chi connectivity index (χ1v) is 12.2. The van der Waals surface area contributed by atoms with Crippen LogP contribution in [0, 0.1) is 0 Å². The van der Waals surface area contributed by atoms with Crippen LogP contribution in [0.25, 0.3) is 12.2 Å². The lowest BCUT2D eigenvalue weighted by Crippen LogP contribution is -2.28. The van der Waals surface area contributed by atoms with Gasteiger partial charge in [-0.2, -0.15) is 21.6 Å². The fourth-order valence-electron chi connectivity index (χ4n) is 3.24. The van der Waals surface area contributed by atoms with E-state index < -0.39 is 21.5 Å². The average Bonchev–Trinajstić information content (AvgIpc) is 3.32. The summed E-state index contributed by atoms with van der Waals surface area (Å²) in [5, 5.41) is 1.61. The van der Waals surface area contributed by atoms with Crippen molar-refractivity contribution >= 4 is 22.3 Å². The van der Waals surface area contributed by atoms with Crippen molar-refractivity contribution in [2.75, 3.05) is 7.11 Å². The van der Waals surface area contributed by atoms with E-state index in [1.807, 2.05) is 12.1 Å². The predicted octanol–water partition coefficient (Wildman–Crippen LogP) is 4.72. The summed E-state index contributed by atoms with van der Waals surface area (Å²) in [4.78, 5) is 5.69. The average molecular weight is 477 g/mol. The summed E-state index contributed by atoms with van der Waals surface area (Å²) < 4.78 is 69.1. The van der Waals surface area contributed by atoms with E-state index in [4.69, 9.17) is 4.74 Å². The van der Waals surface area contributed by atoms with Crippen LogP contribution in [0.3, 0.4) is 0 Å². The van der Waals surface area contributed by atoms with Crippen molar-refractivity contribution in [3.05, 3.63) is 34.6 Å². The van der Waals surface area contributed by atoms with Crippen molar-refractivity contribution in [2.45, 2.75) is 70.2 Å². The lowest BCUT2D eigenvalue weighted by molar-refractivity contribution is -0.0501. The molecule has 0 bridgehead atoms. The van der Waals surface area contributed by atoms with Crippen molar-refractivity contribution < 1.29 is 30.5 Å². The molecule has 6 nitrogen and oxygen atoms in total. The number of unbranched alkanes of at least 4 members (excludes halogenated alkanes) is 8. The van der Waals surface area contributed by atoms with Crippen LogP contribution in [-0.2, 0) is 10.1 Å². The number of H-pyrrole nitrogens is 2. The summed E-state index contributed by atoms with van der Waals surface area (Å²) in [6, 6.07) is 4.76. The third kappa shape index (κ3) is 7.96. The van der Waals surface area contributed by atoms with Crippen LogP contribution in [0.1, 0.15) is 70.4 Å². The monoisotopic (exact) mass is 476 g/mol. The zero-order chi connectivity index (χ0) is 23.6. The Bertz CT molecular complexity index is 1060. The molecular formula is C22H31F3N2O4S. The van der Waals surface area contributed by atoms with Gasteiger partial charge in [-0.05, 0) is 31.1 Å². The summed E-state index contributed by atoms with van der Waals surface area (Å²) in [7, 11) is -4.45. The Balaban J connectivity index is 1.97. The highest BCUT2D eigenvalue weighted by Gasteiger charge is 2.48. The van der Waals surface area contributed by atoms with E-state index in [9.17, 15) is 21.6 Å². The highest BCUT2D eigenvalue weighted by atomic mass is 32.2. The van der Waals surface area contributed by atoms with Gasteiger partial charge >= 0.3 is 15.6 Å². The van der Waals surface area contributed by atoms with Crippen LogP contribution in [0.15, 0.2) is 18.2 Å². The van der Waals surface area contributed by atoms with Crippen molar-refractivity contribution in [1.82, 2.24) is 9.97 Å². The van der Waals surface area contributed by atoms with Crippen molar-refractivity contribution in [3.8, 4) is 11.6 Å². The number of hydrogen-bond donors (Lipinski definition) is 2. The molecule has 0 aliphatic heterocycles. The predicted molar refractivity (Wildman–Crippen MR) is 118 cm³/mol. The van der Waals surface area contributed by atoms with Crippen LogP contribution >= 0.6 is 0 Å². The third-order valence-electron chi connectivity index (χ3n) is 4.94. The van der Waals surface area contributed by atoms with Gasteiger partial charge in [-0.25, -0.2) is 0 Å². The molecule has 2 heterocycles. The van der Waals surface area contributed by atoms with E-state index in [-0.39, 0.29) is 11.4 Å². The Kier molecular flexibility index (Phi) is 9.74. The number of alkyl halides is 3. The standard InChI is InChI=1S/C22H31F3N2O4S/c1-3-4-5-6-7-8-9-10-11-12-17-13-14-18(26-17)15-19-20(30-2)16-21(27-19)31-32(28,29)22(23,24)25/h12-16,26-27H,3-11H2,1-2H3. The van der Waals surface area contributed by atoms with E-state index in [0.29, 0.717) is 5.35 Å². The largest absolute Gasteiger partial charge is 0.534 e. The van der Waals surface area contributed by atoms with Crippen LogP contribution in [0.2, 0.25) is 0 Å². The first kappa shape index (κ1) is 25.9. The molecule has 10 heteroatoms. The number of hydrogen-bond acceptors (Lipinski definition) is 4. The minimum absolute atomic E-state index is 0.149. The summed E-state index contributed by atoms with van der Waals surface area (Å²) in [6.45, 7) is 2.21. The molecule has 0 aliphatic rings. The normalized spacial score (nSPS) is 13.7. The smallest absolute Gasteiger partial charge is 0.494 e. The van der Waals surface area contributed by atoms with Gasteiger partial charge in [0.05, 0.1) is 12.8 Å². The number of rotatable bonds is 13. The maximum absolute atomic E-state index is 12.5. The Morgan fingerprint density at radius 3 is 2.22 bits per heavy atom. The fraction of sp³-hybridized carbons (Fsp3) is 0.545. The number of ether oxygens (including phenoxy) is 1. The molecule has 32 heavy (non-hydrogen) atoms. The minimum atomic E-state index is -5.77. The van der Waals surface area contributed by atoms with Crippen LogP contribution in [0.5, 0.6) is 11.6 Å². The molecule has 0 fully saturated rings. The number of halogens is 3. The second kappa shape index (κ2) is 12.0. The number of methoxy groups -OCH3 is 1. The van der Waals surface area contributed by atoms with E-state index in [1.165, 1.54) is 52.1 Å². The molecule has 180 valence electrons. The van der Waals surface area contributed by atoms with E-state index in [0.717, 1.165) is 24.3 Å². The molecule has 0 saturated carbocycles. The van der Waals surface area contributed by atoms with E-state index >= 15 is 0 Å². The molecule has 0 amide bonds. The molecule has 0 atom stereocenters. The number of nitrogens with one attached hydrogen (secondary N) is 2. The summed E-state index contributed by atoms with van der Waals surface area (Å²) >= 11 is 0. The van der Waals surface area contributed by atoms with Crippen molar-refractivity contribution in [1.29, 1.82) is 0 Å². The van der Waals surface area contributed by atoms with Crippen molar-refractivity contribution in [3.63, 3.8) is 0 Å². The zero-order valence-electron chi connectivity index (χ0n) is 18.4. The summed E-state index contributed by atoms with van der Waals surface area (Å²) in [5.41, 5.74) is -5.24. The first-order valence-electron chi connectivity index (χ1n) is 10.8. The molecule has 0 unspecified atom stereocenters. The molecular weight excluding hydrogens is 445 g/mol. The highest BCUT2D eigenvalue weighted by Crippen LogP contribution is 2.30. The van der Waals surface area contributed by atoms with Gasteiger partial charge in [-0.15, -0.1) is 0 Å². The Morgan fingerprint density at radius 1 is 0.969 bits per heavy atom. The van der Waals surface area contributed by atoms with Gasteiger partial charge in [0.15, 0.2) is 0 Å². The molecule has 0 saturated heterocycles. The Hall–Kier alpha value is -2.36. The first-order chi connectivity index (χ1) is 15.2. The van der Waals surface area contributed by atoms with E-state index in [2.05, 4.69) is 27.2 Å². The van der Waals surface area contributed by atoms with Gasteiger partial charge in [0.25, 0.3) is 0 Å². The second-order valence-electron chi connectivity index (χ2n) is 7.58. The van der Waals surface area contributed by atoms with Gasteiger partial charge in [0, 0.05) is 16.8 Å². The lowest BCUT2D eigenvalue weighted by Gasteiger charge is -2.06. The Morgan fingerprint density at radius 2 is 1.59 bits per heavy atom. The Labute approximate surface area is 186 Å². The van der Waals surface area contributed by atoms with Gasteiger partial charge in [-0.1, -0.05) is 57.9 Å². The lowest BCUT2D eigenvalue weighted by atomic mass is 10.1. The molecule has 0 radical (unpaired) electrons. The topological polar surface area (TPSA) is 84.2 Å². The molecule has 0 aliphatic carbocycles. The molecule has 2 aromatic rings. The third-order valence-corrected chi connectivity index (χ3v) is 5.91. The summed E-state index contributed by atoms with van der Waals surface area (Å²) in [5.74, 6) is -0.435. The molecule has 2 rings (SSSR count).